The first-order valence-electron chi connectivity index (χ1n) is 7.54. The van der Waals surface area contributed by atoms with Gasteiger partial charge in [0, 0.05) is 33.6 Å². The van der Waals surface area contributed by atoms with Crippen molar-refractivity contribution in [3.63, 3.8) is 0 Å². The summed E-state index contributed by atoms with van der Waals surface area (Å²) in [7, 11) is 0. The van der Waals surface area contributed by atoms with Gasteiger partial charge in [0.25, 0.3) is 0 Å². The molecule has 0 fully saturated rings. The molecule has 0 aliphatic carbocycles. The smallest absolute Gasteiger partial charge is 0.0314 e. The van der Waals surface area contributed by atoms with Gasteiger partial charge in [0.2, 0.25) is 0 Å². The molecule has 114 valence electrons. The van der Waals surface area contributed by atoms with Crippen LogP contribution in [-0.2, 0) is 0 Å². The van der Waals surface area contributed by atoms with Crippen LogP contribution < -0.4 is 11.5 Å². The molecule has 0 heterocycles. The highest BCUT2D eigenvalue weighted by atomic mass is 14.5. The summed E-state index contributed by atoms with van der Waals surface area (Å²) >= 11 is 0. The number of benzene rings is 3. The maximum Gasteiger partial charge on any atom is 0.0314 e. The third kappa shape index (κ3) is 4.19. The number of nitrogens with two attached hydrogens (primary N) is 2. The van der Waals surface area contributed by atoms with Gasteiger partial charge in [-0.25, -0.2) is 0 Å². The molecule has 0 saturated heterocycles. The van der Waals surface area contributed by atoms with Crippen molar-refractivity contribution >= 4 is 11.4 Å². The van der Waals surface area contributed by atoms with E-state index in [1.807, 2.05) is 72.8 Å². The highest BCUT2D eigenvalue weighted by Gasteiger charge is 1.92. The third-order valence-corrected chi connectivity index (χ3v) is 3.39. The zero-order valence-electron chi connectivity index (χ0n) is 13.1. The topological polar surface area (TPSA) is 52.0 Å². The molecule has 0 aliphatic heterocycles. The van der Waals surface area contributed by atoms with E-state index in [0.29, 0.717) is 0 Å². The summed E-state index contributed by atoms with van der Waals surface area (Å²) in [6.07, 6.45) is 0. The van der Waals surface area contributed by atoms with E-state index >= 15 is 0 Å². The molecule has 0 amide bonds. The summed E-state index contributed by atoms with van der Waals surface area (Å²) in [5.41, 5.74) is 16.5. The lowest BCUT2D eigenvalue weighted by Crippen LogP contribution is -1.84. The first-order valence-corrected chi connectivity index (χ1v) is 7.54. The fraction of sp³-hybridized carbons (Fsp3) is 0. The van der Waals surface area contributed by atoms with Crippen LogP contribution in [0.1, 0.15) is 22.3 Å². The lowest BCUT2D eigenvalue weighted by Gasteiger charge is -1.95. The van der Waals surface area contributed by atoms with Gasteiger partial charge >= 0.3 is 0 Å². The van der Waals surface area contributed by atoms with Gasteiger partial charge in [-0.1, -0.05) is 29.7 Å². The minimum absolute atomic E-state index is 0.737. The Morgan fingerprint density at radius 3 is 1.25 bits per heavy atom. The van der Waals surface area contributed by atoms with E-state index in [-0.39, 0.29) is 0 Å². The molecule has 0 saturated carbocycles. The number of hydrogen-bond acceptors (Lipinski definition) is 2. The first-order chi connectivity index (χ1) is 11.7. The monoisotopic (exact) mass is 308 g/mol. The van der Waals surface area contributed by atoms with Crippen molar-refractivity contribution in [1.82, 2.24) is 0 Å². The zero-order valence-corrected chi connectivity index (χ0v) is 13.1. The lowest BCUT2D eigenvalue weighted by molar-refractivity contribution is 1.58. The molecular formula is C22H16N2. The number of hydrogen-bond donors (Lipinski definition) is 2. The number of anilines is 2. The van der Waals surface area contributed by atoms with Crippen LogP contribution >= 0.6 is 0 Å². The second-order valence-corrected chi connectivity index (χ2v) is 5.32. The average molecular weight is 308 g/mol. The van der Waals surface area contributed by atoms with Crippen LogP contribution in [0.2, 0.25) is 0 Å². The largest absolute Gasteiger partial charge is 0.399 e. The summed E-state index contributed by atoms with van der Waals surface area (Å²) in [4.78, 5) is 0. The lowest BCUT2D eigenvalue weighted by atomic mass is 10.1. The quantitative estimate of drug-likeness (QED) is 0.492. The molecule has 3 rings (SSSR count). The van der Waals surface area contributed by atoms with Crippen molar-refractivity contribution in [2.24, 2.45) is 0 Å². The minimum Gasteiger partial charge on any atom is -0.399 e. The highest BCUT2D eigenvalue weighted by Crippen LogP contribution is 2.07. The second-order valence-electron chi connectivity index (χ2n) is 5.32. The molecule has 0 radical (unpaired) electrons. The molecule has 0 bridgehead atoms. The van der Waals surface area contributed by atoms with Crippen molar-refractivity contribution in [3.05, 3.63) is 95.1 Å². The van der Waals surface area contributed by atoms with Gasteiger partial charge in [-0.05, 0) is 66.7 Å². The summed E-state index contributed by atoms with van der Waals surface area (Å²) in [5.74, 6) is 12.6. The third-order valence-electron chi connectivity index (χ3n) is 3.39. The molecule has 2 nitrogen and oxygen atoms in total. The van der Waals surface area contributed by atoms with E-state index in [4.69, 9.17) is 11.5 Å². The van der Waals surface area contributed by atoms with E-state index in [0.717, 1.165) is 33.6 Å². The number of rotatable bonds is 0. The van der Waals surface area contributed by atoms with Gasteiger partial charge in [-0.3, -0.25) is 0 Å². The Morgan fingerprint density at radius 1 is 0.458 bits per heavy atom. The normalized spacial score (nSPS) is 9.33. The Bertz CT molecular complexity index is 882. The molecule has 0 unspecified atom stereocenters. The zero-order chi connectivity index (χ0) is 16.8. The fourth-order valence-corrected chi connectivity index (χ4v) is 2.10. The minimum atomic E-state index is 0.737. The second kappa shape index (κ2) is 7.09. The molecule has 3 aromatic rings. The fourth-order valence-electron chi connectivity index (χ4n) is 2.10. The van der Waals surface area contributed by atoms with Crippen molar-refractivity contribution in [2.75, 3.05) is 11.5 Å². The van der Waals surface area contributed by atoms with Gasteiger partial charge in [-0.2, -0.15) is 0 Å². The Balaban J connectivity index is 1.80. The van der Waals surface area contributed by atoms with Gasteiger partial charge in [0.1, 0.15) is 0 Å². The van der Waals surface area contributed by atoms with Crippen molar-refractivity contribution in [2.45, 2.75) is 0 Å². The summed E-state index contributed by atoms with van der Waals surface area (Å²) < 4.78 is 0. The summed E-state index contributed by atoms with van der Waals surface area (Å²) in [6, 6.07) is 22.9. The van der Waals surface area contributed by atoms with Crippen LogP contribution in [-0.4, -0.2) is 0 Å². The van der Waals surface area contributed by atoms with Crippen LogP contribution in [0, 0.1) is 23.7 Å². The maximum absolute atomic E-state index is 5.67. The van der Waals surface area contributed by atoms with Gasteiger partial charge in [0.05, 0.1) is 0 Å². The van der Waals surface area contributed by atoms with Gasteiger partial charge in [0.15, 0.2) is 0 Å². The molecule has 0 atom stereocenters. The number of nitrogen functional groups attached to an aromatic ring is 2. The molecule has 2 heteroatoms. The molecule has 0 aromatic heterocycles. The predicted octanol–water partition coefficient (Wildman–Crippen LogP) is 3.65. The molecule has 24 heavy (non-hydrogen) atoms. The summed E-state index contributed by atoms with van der Waals surface area (Å²) in [6.45, 7) is 0. The Kier molecular flexibility index (Phi) is 4.52. The molecular weight excluding hydrogens is 292 g/mol. The van der Waals surface area contributed by atoms with Crippen molar-refractivity contribution < 1.29 is 0 Å². The SMILES string of the molecule is Nc1ccc(C#Cc2cccc(C#Cc3ccc(N)cc3)c2)cc1. The van der Waals surface area contributed by atoms with E-state index < -0.39 is 0 Å². The standard InChI is InChI=1S/C22H16N2/c23-21-12-8-17(9-13-21)4-6-19-2-1-3-20(16-19)7-5-18-10-14-22(24)15-11-18/h1-3,8-16H,23-24H2. The van der Waals surface area contributed by atoms with E-state index in [9.17, 15) is 0 Å². The van der Waals surface area contributed by atoms with E-state index in [1.54, 1.807) is 0 Å². The Morgan fingerprint density at radius 2 is 0.833 bits per heavy atom. The maximum atomic E-state index is 5.67. The predicted molar refractivity (Wildman–Crippen MR) is 100 cm³/mol. The van der Waals surface area contributed by atoms with Gasteiger partial charge < -0.3 is 11.5 Å². The molecule has 0 spiro atoms. The van der Waals surface area contributed by atoms with Crippen LogP contribution in [0.4, 0.5) is 11.4 Å². The van der Waals surface area contributed by atoms with Crippen LogP contribution in [0.25, 0.3) is 0 Å². The highest BCUT2D eigenvalue weighted by molar-refractivity contribution is 5.51. The first kappa shape index (κ1) is 15.3. The van der Waals surface area contributed by atoms with Crippen LogP contribution in [0.15, 0.2) is 72.8 Å². The van der Waals surface area contributed by atoms with E-state index in [1.165, 1.54) is 0 Å². The van der Waals surface area contributed by atoms with Crippen molar-refractivity contribution in [1.29, 1.82) is 0 Å². The van der Waals surface area contributed by atoms with Crippen molar-refractivity contribution in [3.8, 4) is 23.7 Å². The molecule has 4 N–H and O–H groups in total. The van der Waals surface area contributed by atoms with Gasteiger partial charge in [-0.15, -0.1) is 0 Å². The van der Waals surface area contributed by atoms with Crippen LogP contribution in [0.3, 0.4) is 0 Å². The average Bonchev–Trinajstić information content (AvgIpc) is 2.61. The Hall–Kier alpha value is -3.62. The Labute approximate surface area is 142 Å². The van der Waals surface area contributed by atoms with Crippen LogP contribution in [0.5, 0.6) is 0 Å². The molecule has 0 aliphatic rings. The molecule has 3 aromatic carbocycles. The summed E-state index contributed by atoms with van der Waals surface area (Å²) in [5, 5.41) is 0. The van der Waals surface area contributed by atoms with E-state index in [2.05, 4.69) is 23.7 Å².